The minimum Gasteiger partial charge on any atom is -0.508 e. The van der Waals surface area contributed by atoms with Gasteiger partial charge in [-0.3, -0.25) is 14.4 Å². The van der Waals surface area contributed by atoms with Crippen molar-refractivity contribution in [3.63, 3.8) is 0 Å². The van der Waals surface area contributed by atoms with Crippen LogP contribution in [0.5, 0.6) is 5.75 Å². The lowest BCUT2D eigenvalue weighted by Crippen LogP contribution is -2.61. The van der Waals surface area contributed by atoms with Crippen molar-refractivity contribution in [2.75, 3.05) is 6.61 Å². The van der Waals surface area contributed by atoms with Crippen LogP contribution in [-0.4, -0.2) is 81.0 Å². The Morgan fingerprint density at radius 2 is 1.45 bits per heavy atom. The molecule has 0 aliphatic heterocycles. The summed E-state index contributed by atoms with van der Waals surface area (Å²) in [5.41, 5.74) is 6.23. The Kier molecular flexibility index (Phi) is 10.7. The zero-order chi connectivity index (χ0) is 25.3. The third-order valence-corrected chi connectivity index (χ3v) is 4.89. The summed E-state index contributed by atoms with van der Waals surface area (Å²) in [5.74, 6) is -4.22. The largest absolute Gasteiger partial charge is 0.508 e. The van der Waals surface area contributed by atoms with E-state index in [1.54, 1.807) is 13.8 Å². The Morgan fingerprint density at radius 3 is 1.91 bits per heavy atom. The lowest BCUT2D eigenvalue weighted by molar-refractivity contribution is -0.143. The number of hydrogen-bond donors (Lipinski definition) is 8. The first kappa shape index (κ1) is 27.8. The zero-order valence-electron chi connectivity index (χ0n) is 18.7. The fourth-order valence-electron chi connectivity index (χ4n) is 2.75. The summed E-state index contributed by atoms with van der Waals surface area (Å²) in [5, 5.41) is 45.0. The summed E-state index contributed by atoms with van der Waals surface area (Å²) < 4.78 is 0. The number of aliphatic carboxylic acids is 1. The second kappa shape index (κ2) is 12.7. The molecule has 1 aromatic carbocycles. The Hall–Kier alpha value is -3.22. The van der Waals surface area contributed by atoms with E-state index in [1.165, 1.54) is 31.2 Å². The van der Waals surface area contributed by atoms with Crippen LogP contribution in [-0.2, 0) is 25.6 Å². The highest BCUT2D eigenvalue weighted by atomic mass is 16.4. The molecular weight excluding hydrogens is 436 g/mol. The molecule has 0 aromatic heterocycles. The Morgan fingerprint density at radius 1 is 0.909 bits per heavy atom. The maximum Gasteiger partial charge on any atom is 0.326 e. The van der Waals surface area contributed by atoms with Crippen molar-refractivity contribution in [3.8, 4) is 5.75 Å². The first-order valence-electron chi connectivity index (χ1n) is 10.3. The van der Waals surface area contributed by atoms with E-state index in [4.69, 9.17) is 5.73 Å². The van der Waals surface area contributed by atoms with Crippen LogP contribution in [0.25, 0.3) is 0 Å². The van der Waals surface area contributed by atoms with Gasteiger partial charge in [0.25, 0.3) is 0 Å². The number of nitrogens with one attached hydrogen (secondary N) is 3. The number of carboxylic acid groups (broad SMARTS) is 1. The van der Waals surface area contributed by atoms with E-state index in [9.17, 15) is 39.6 Å². The van der Waals surface area contributed by atoms with Crippen LogP contribution in [0.4, 0.5) is 0 Å². The molecule has 1 rings (SSSR count). The highest BCUT2D eigenvalue weighted by Gasteiger charge is 2.32. The van der Waals surface area contributed by atoms with E-state index in [1.807, 2.05) is 0 Å². The Bertz CT molecular complexity index is 828. The van der Waals surface area contributed by atoms with Crippen LogP contribution < -0.4 is 21.7 Å². The van der Waals surface area contributed by atoms with E-state index < -0.39 is 60.6 Å². The number of phenolic OH excluding ortho intramolecular Hbond substituents is 1. The standard InChI is InChI=1S/C21H32N4O8/c1-10(2)16(22)19(30)24-15(9-26)18(29)25-17(11(3)27)20(31)23-14(21(32)33)8-12-4-6-13(28)7-5-12/h4-7,10-11,14-17,26-28H,8-9,22H2,1-3H3,(H,23,31)(H,24,30)(H,25,29)(H,32,33). The number of carboxylic acids is 1. The minimum atomic E-state index is -1.57. The number of carbonyl (C=O) groups excluding carboxylic acids is 3. The second-order valence-corrected chi connectivity index (χ2v) is 8.01. The molecule has 0 saturated carbocycles. The van der Waals surface area contributed by atoms with Crippen molar-refractivity contribution >= 4 is 23.7 Å². The van der Waals surface area contributed by atoms with Crippen molar-refractivity contribution in [1.29, 1.82) is 0 Å². The van der Waals surface area contributed by atoms with Crippen LogP contribution in [0.2, 0.25) is 0 Å². The van der Waals surface area contributed by atoms with Gasteiger partial charge in [0.1, 0.15) is 23.9 Å². The van der Waals surface area contributed by atoms with E-state index in [0.717, 1.165) is 0 Å². The maximum atomic E-state index is 12.7. The number of phenols is 1. The average Bonchev–Trinajstić information content (AvgIpc) is 2.75. The van der Waals surface area contributed by atoms with Crippen LogP contribution in [0.3, 0.4) is 0 Å². The van der Waals surface area contributed by atoms with Crippen LogP contribution in [0, 0.1) is 5.92 Å². The third-order valence-electron chi connectivity index (χ3n) is 4.89. The number of benzene rings is 1. The molecule has 3 amide bonds. The van der Waals surface area contributed by atoms with E-state index >= 15 is 0 Å². The molecule has 0 radical (unpaired) electrons. The monoisotopic (exact) mass is 468 g/mol. The van der Waals surface area contributed by atoms with Gasteiger partial charge in [-0.15, -0.1) is 0 Å². The number of aromatic hydroxyl groups is 1. The normalized spacial score (nSPS) is 15.6. The number of amides is 3. The molecule has 12 nitrogen and oxygen atoms in total. The molecule has 0 bridgehead atoms. The van der Waals surface area contributed by atoms with Gasteiger partial charge in [-0.2, -0.15) is 0 Å². The number of carbonyl (C=O) groups is 4. The molecule has 1 aromatic rings. The van der Waals surface area contributed by atoms with Crippen molar-refractivity contribution in [1.82, 2.24) is 16.0 Å². The van der Waals surface area contributed by atoms with E-state index in [-0.39, 0.29) is 18.1 Å². The van der Waals surface area contributed by atoms with Gasteiger partial charge in [0.2, 0.25) is 17.7 Å². The van der Waals surface area contributed by atoms with Crippen LogP contribution >= 0.6 is 0 Å². The smallest absolute Gasteiger partial charge is 0.326 e. The van der Waals surface area contributed by atoms with Gasteiger partial charge >= 0.3 is 5.97 Å². The SMILES string of the molecule is CC(C)C(N)C(=O)NC(CO)C(=O)NC(C(=O)NC(Cc1ccc(O)cc1)C(=O)O)C(C)O. The number of nitrogens with two attached hydrogens (primary N) is 1. The van der Waals surface area contributed by atoms with Gasteiger partial charge < -0.3 is 42.1 Å². The van der Waals surface area contributed by atoms with Gasteiger partial charge in [-0.05, 0) is 30.5 Å². The topological polar surface area (TPSA) is 211 Å². The second-order valence-electron chi connectivity index (χ2n) is 8.01. The maximum absolute atomic E-state index is 12.7. The molecule has 0 spiro atoms. The molecule has 184 valence electrons. The van der Waals surface area contributed by atoms with Crippen molar-refractivity contribution in [3.05, 3.63) is 29.8 Å². The third kappa shape index (κ3) is 8.67. The highest BCUT2D eigenvalue weighted by Crippen LogP contribution is 2.12. The predicted molar refractivity (Wildman–Crippen MR) is 117 cm³/mol. The first-order valence-corrected chi connectivity index (χ1v) is 10.3. The number of aliphatic hydroxyl groups is 2. The molecule has 5 unspecified atom stereocenters. The fourth-order valence-corrected chi connectivity index (χ4v) is 2.75. The van der Waals surface area contributed by atoms with E-state index in [2.05, 4.69) is 16.0 Å². The summed E-state index contributed by atoms with van der Waals surface area (Å²) in [4.78, 5) is 48.9. The lowest BCUT2D eigenvalue weighted by Gasteiger charge is -2.26. The molecule has 5 atom stereocenters. The molecule has 0 saturated heterocycles. The van der Waals surface area contributed by atoms with Gasteiger partial charge in [0.05, 0.1) is 18.8 Å². The first-order chi connectivity index (χ1) is 15.4. The van der Waals surface area contributed by atoms with Crippen LogP contribution in [0.15, 0.2) is 24.3 Å². The quantitative estimate of drug-likeness (QED) is 0.167. The predicted octanol–water partition coefficient (Wildman–Crippen LogP) is -2.17. The number of hydrogen-bond acceptors (Lipinski definition) is 8. The summed E-state index contributed by atoms with van der Waals surface area (Å²) >= 11 is 0. The number of aliphatic hydroxyl groups excluding tert-OH is 2. The van der Waals surface area contributed by atoms with Crippen LogP contribution in [0.1, 0.15) is 26.3 Å². The molecule has 0 aliphatic carbocycles. The average molecular weight is 469 g/mol. The Balaban J connectivity index is 2.88. The molecule has 9 N–H and O–H groups in total. The molecule has 33 heavy (non-hydrogen) atoms. The molecular formula is C21H32N4O8. The molecule has 0 aliphatic rings. The highest BCUT2D eigenvalue weighted by molar-refractivity contribution is 5.94. The molecule has 12 heteroatoms. The Labute approximate surface area is 191 Å². The minimum absolute atomic E-state index is 0.00794. The number of rotatable bonds is 12. The fraction of sp³-hybridized carbons (Fsp3) is 0.524. The van der Waals surface area contributed by atoms with Gasteiger partial charge in [0, 0.05) is 6.42 Å². The lowest BCUT2D eigenvalue weighted by atomic mass is 10.0. The summed E-state index contributed by atoms with van der Waals surface area (Å²) in [6.45, 7) is 3.81. The van der Waals surface area contributed by atoms with Crippen molar-refractivity contribution in [2.45, 2.75) is 57.5 Å². The summed E-state index contributed by atoms with van der Waals surface area (Å²) in [6, 6.07) is 0.375. The van der Waals surface area contributed by atoms with Crippen molar-refractivity contribution in [2.24, 2.45) is 11.7 Å². The van der Waals surface area contributed by atoms with Gasteiger partial charge in [-0.1, -0.05) is 26.0 Å². The van der Waals surface area contributed by atoms with Gasteiger partial charge in [0.15, 0.2) is 0 Å². The van der Waals surface area contributed by atoms with Crippen molar-refractivity contribution < 1.29 is 39.6 Å². The summed E-state index contributed by atoms with van der Waals surface area (Å²) in [6.07, 6.45) is -1.55. The van der Waals surface area contributed by atoms with E-state index in [0.29, 0.717) is 5.56 Å². The van der Waals surface area contributed by atoms with Gasteiger partial charge in [-0.25, -0.2) is 4.79 Å². The summed E-state index contributed by atoms with van der Waals surface area (Å²) in [7, 11) is 0. The molecule has 0 fully saturated rings. The zero-order valence-corrected chi connectivity index (χ0v) is 18.7. The molecule has 0 heterocycles.